The number of aliphatic hydroxyl groups excluding tert-OH is 3. The third-order valence-electron chi connectivity index (χ3n) is 15.6. The summed E-state index contributed by atoms with van der Waals surface area (Å²) in [5.74, 6) is -0.615. The fourth-order valence-electron chi connectivity index (χ4n) is 12.0. The molecule has 8 N–H and O–H groups in total. The van der Waals surface area contributed by atoms with Crippen molar-refractivity contribution in [2.45, 2.75) is 120 Å². The summed E-state index contributed by atoms with van der Waals surface area (Å²) in [6.45, 7) is 3.71. The molecule has 3 aromatic carbocycles. The molecule has 2 saturated carbocycles. The van der Waals surface area contributed by atoms with Crippen LogP contribution < -0.4 is 15.2 Å². The maximum absolute atomic E-state index is 13.6. The second kappa shape index (κ2) is 19.8. The average Bonchev–Trinajstić information content (AvgIpc) is 3.63. The molecule has 0 spiro atoms. The molecule has 368 valence electrons. The summed E-state index contributed by atoms with van der Waals surface area (Å²) >= 11 is 11.6. The highest BCUT2D eigenvalue weighted by Crippen LogP contribution is 2.61. The van der Waals surface area contributed by atoms with Crippen molar-refractivity contribution >= 4 is 46.6 Å². The molecule has 1 saturated heterocycles. The Morgan fingerprint density at radius 1 is 0.971 bits per heavy atom. The number of nitrogens with zero attached hydrogens (tertiary/aromatic N) is 1. The molecule has 18 heteroatoms. The largest absolute Gasteiger partial charge is 0.507 e. The van der Waals surface area contributed by atoms with Gasteiger partial charge in [-0.15, -0.1) is 23.2 Å². The zero-order valence-electron chi connectivity index (χ0n) is 38.3. The lowest BCUT2D eigenvalue weighted by molar-refractivity contribution is -0.247. The lowest BCUT2D eigenvalue weighted by Crippen LogP contribution is -2.53. The lowest BCUT2D eigenvalue weighted by atomic mass is 9.55. The van der Waals surface area contributed by atoms with Crippen LogP contribution in [0.15, 0.2) is 36.4 Å². The van der Waals surface area contributed by atoms with Gasteiger partial charge in [0.15, 0.2) is 17.9 Å². The first-order valence-corrected chi connectivity index (χ1v) is 24.4. The molecule has 1 heterocycles. The molecule has 0 unspecified atom stereocenters. The Morgan fingerprint density at radius 2 is 1.69 bits per heavy atom. The second-order valence-electron chi connectivity index (χ2n) is 19.3. The summed E-state index contributed by atoms with van der Waals surface area (Å²) < 4.78 is 22.6. The quantitative estimate of drug-likeness (QED) is 0.0798. The van der Waals surface area contributed by atoms with Crippen LogP contribution >= 0.6 is 23.2 Å². The van der Waals surface area contributed by atoms with E-state index in [2.05, 4.69) is 13.0 Å². The molecule has 6 aliphatic rings. The van der Waals surface area contributed by atoms with Crippen LogP contribution in [0.5, 0.6) is 23.0 Å². The van der Waals surface area contributed by atoms with Crippen LogP contribution in [0.25, 0.3) is 0 Å². The number of fused-ring (bicyclic) bond motifs is 8. The lowest BCUT2D eigenvalue weighted by Gasteiger charge is -2.50. The van der Waals surface area contributed by atoms with Crippen LogP contribution in [0, 0.1) is 17.3 Å². The minimum Gasteiger partial charge on any atom is -0.507 e. The number of Topliss-reactive ketones (excluding diaryl/α,β-unsaturated/α-hetero) is 1. The molecule has 11 atom stereocenters. The van der Waals surface area contributed by atoms with Gasteiger partial charge in [-0.1, -0.05) is 25.1 Å². The van der Waals surface area contributed by atoms with Crippen LogP contribution in [0.4, 0.5) is 4.79 Å². The fraction of sp³-hybridized carbons (Fsp3) is 0.560. The number of carbonyl (C=O) groups is 4. The van der Waals surface area contributed by atoms with Gasteiger partial charge in [0.05, 0.1) is 48.2 Å². The third-order valence-corrected chi connectivity index (χ3v) is 16.0. The smallest absolute Gasteiger partial charge is 0.415 e. The highest BCUT2D eigenvalue weighted by Gasteiger charge is 2.55. The van der Waals surface area contributed by atoms with Gasteiger partial charge in [-0.25, -0.2) is 4.79 Å². The number of phenolic OH excluding ortho intramolecular Hbond substituents is 2. The van der Waals surface area contributed by atoms with Crippen LogP contribution in [0.2, 0.25) is 0 Å². The van der Waals surface area contributed by atoms with Crippen molar-refractivity contribution in [2.75, 3.05) is 38.6 Å². The number of hydrogen-bond acceptors (Lipinski definition) is 15. The van der Waals surface area contributed by atoms with E-state index in [0.29, 0.717) is 48.4 Å². The highest BCUT2D eigenvalue weighted by atomic mass is 35.5. The van der Waals surface area contributed by atoms with Crippen LogP contribution in [-0.2, 0) is 27.1 Å². The van der Waals surface area contributed by atoms with Crippen LogP contribution in [0.3, 0.4) is 0 Å². The zero-order valence-corrected chi connectivity index (χ0v) is 39.8. The number of phenols is 2. The Bertz CT molecular complexity index is 2450. The normalized spacial score (nSPS) is 31.1. The van der Waals surface area contributed by atoms with Gasteiger partial charge in [0.2, 0.25) is 5.78 Å². The predicted molar refractivity (Wildman–Crippen MR) is 248 cm³/mol. The molecule has 9 rings (SSSR count). The van der Waals surface area contributed by atoms with Crippen molar-refractivity contribution in [1.82, 2.24) is 4.90 Å². The topological polar surface area (TPSA) is 256 Å². The number of ether oxygens (including phenoxy) is 4. The Morgan fingerprint density at radius 3 is 2.37 bits per heavy atom. The van der Waals surface area contributed by atoms with Gasteiger partial charge >= 0.3 is 6.09 Å². The fourth-order valence-corrected chi connectivity index (χ4v) is 12.4. The number of alkyl halides is 2. The first-order valence-electron chi connectivity index (χ1n) is 23.3. The van der Waals surface area contributed by atoms with E-state index in [4.69, 9.17) is 47.9 Å². The number of aromatic hydroxyl groups is 2. The van der Waals surface area contributed by atoms with E-state index in [1.807, 2.05) is 12.1 Å². The van der Waals surface area contributed by atoms with Gasteiger partial charge in [-0.2, -0.15) is 0 Å². The van der Waals surface area contributed by atoms with Gasteiger partial charge < -0.3 is 60.2 Å². The number of rotatable bonds is 10. The van der Waals surface area contributed by atoms with E-state index >= 15 is 0 Å². The van der Waals surface area contributed by atoms with Crippen molar-refractivity contribution < 1.29 is 68.8 Å². The zero-order chi connectivity index (χ0) is 49.0. The summed E-state index contributed by atoms with van der Waals surface area (Å²) in [6.07, 6.45) is 0.858. The third kappa shape index (κ3) is 8.78. The number of hydrogen-bond donors (Lipinski definition) is 7. The number of aliphatic hydroxyl groups is 4. The molecule has 1 aliphatic heterocycles. The molecule has 5 aliphatic carbocycles. The van der Waals surface area contributed by atoms with Crippen LogP contribution in [-0.4, -0.2) is 134 Å². The molecule has 3 aromatic rings. The average molecular weight is 984 g/mol. The predicted octanol–water partition coefficient (Wildman–Crippen LogP) is 5.18. The standard InChI is InChI=1S/C27H29NO11.C23H31Cl2NO3/c1-10-22(31)13(28)6-17(38-10)39-15-8-27(36,16(30)9-29)7-12-19(15)26(35)21-20(24(12)33)23(32)11-4-3-5-14(37-2)18(11)25(21)34;1-23-9-8-18-17-5-3-16(29-22(28)26(12-10-24)13-11-25)14-15(17)2-4-19(18)20(23)6-7-21(23)27/h3-5,10,13,15,17,22,29,31,33,35-36H,6-9,28H2,1-2H3;3,5,14,18-21,27H,2,4,6-13H2,1H3/t10-,13-,15-,17-,22-,27-;18-,19-,20+,21+,23+/m01/s1. The van der Waals surface area contributed by atoms with Gasteiger partial charge in [0.1, 0.15) is 35.2 Å². The molecule has 1 amide bonds. The summed E-state index contributed by atoms with van der Waals surface area (Å²) in [6, 6.07) is 9.77. The molecule has 0 aromatic heterocycles. The van der Waals surface area contributed by atoms with Gasteiger partial charge in [0.25, 0.3) is 0 Å². The summed E-state index contributed by atoms with van der Waals surface area (Å²) in [4.78, 5) is 53.7. The minimum absolute atomic E-state index is 0.0173. The Labute approximate surface area is 404 Å². The van der Waals surface area contributed by atoms with Crippen molar-refractivity contribution in [1.29, 1.82) is 0 Å². The first-order chi connectivity index (χ1) is 32.4. The summed E-state index contributed by atoms with van der Waals surface area (Å²) in [7, 11) is 1.32. The number of methoxy groups -OCH3 is 1. The van der Waals surface area contributed by atoms with Gasteiger partial charge in [-0.3, -0.25) is 14.4 Å². The van der Waals surface area contributed by atoms with Crippen molar-refractivity contribution in [2.24, 2.45) is 23.0 Å². The monoisotopic (exact) mass is 982 g/mol. The second-order valence-corrected chi connectivity index (χ2v) is 20.1. The maximum atomic E-state index is 13.6. The number of carbonyl (C=O) groups excluding carboxylic acids is 4. The minimum atomic E-state index is -2.24. The molecule has 0 bridgehead atoms. The number of halogens is 2. The van der Waals surface area contributed by atoms with E-state index in [-0.39, 0.29) is 45.9 Å². The highest BCUT2D eigenvalue weighted by molar-refractivity contribution is 6.31. The number of ketones is 3. The molecule has 0 radical (unpaired) electrons. The number of benzene rings is 3. The summed E-state index contributed by atoms with van der Waals surface area (Å²) in [5, 5.41) is 64.2. The van der Waals surface area contributed by atoms with Gasteiger partial charge in [0, 0.05) is 66.8 Å². The van der Waals surface area contributed by atoms with Gasteiger partial charge in [-0.05, 0) is 97.9 Å². The molecule has 3 fully saturated rings. The van der Waals surface area contributed by atoms with E-state index in [0.717, 1.165) is 38.5 Å². The molecule has 16 nitrogen and oxygen atoms in total. The Balaban J connectivity index is 0.000000192. The maximum Gasteiger partial charge on any atom is 0.415 e. The first kappa shape index (κ1) is 50.0. The molecular formula is C50H60Cl2N2O14. The number of nitrogens with two attached hydrogens (primary N) is 1. The Kier molecular flexibility index (Phi) is 14.6. The number of aryl methyl sites for hydroxylation is 1. The van der Waals surface area contributed by atoms with Crippen LogP contribution in [0.1, 0.15) is 125 Å². The van der Waals surface area contributed by atoms with E-state index in [1.54, 1.807) is 11.8 Å². The molecule has 68 heavy (non-hydrogen) atoms. The summed E-state index contributed by atoms with van der Waals surface area (Å²) in [5.41, 5.74) is 5.20. The van der Waals surface area contributed by atoms with E-state index < -0.39 is 102 Å². The number of amides is 1. The van der Waals surface area contributed by atoms with E-state index in [9.17, 15) is 49.8 Å². The van der Waals surface area contributed by atoms with E-state index in [1.165, 1.54) is 36.4 Å². The van der Waals surface area contributed by atoms with Crippen molar-refractivity contribution in [3.8, 4) is 23.0 Å². The van der Waals surface area contributed by atoms with Crippen molar-refractivity contribution in [3.63, 3.8) is 0 Å². The Hall–Kier alpha value is -4.36. The SMILES string of the molecule is COc1cccc2c1C(=O)c1c(O)c3c(c(O)c1C2=O)C[C@@](O)(C(=O)CO)C[C@@H]3O[C@H]1C[C@H](N)[C@@H](O)[C@H](C)O1.C[C@]12CC[C@@H]3c4ccc(OC(=O)N(CCCl)CCCl)cc4CC[C@H]3[C@@H]1CC[C@@H]2O. The molecular weight excluding hydrogens is 923 g/mol. The van der Waals surface area contributed by atoms with Crippen molar-refractivity contribution in [3.05, 3.63) is 80.9 Å².